The van der Waals surface area contributed by atoms with Gasteiger partial charge < -0.3 is 9.80 Å². The zero-order chi connectivity index (χ0) is 19.4. The number of nitrogens with zero attached hydrogens (tertiary/aromatic N) is 2. The molecule has 0 atom stereocenters. The Bertz CT molecular complexity index is 749. The maximum atomic E-state index is 13.2. The average Bonchev–Trinajstić information content (AvgIpc) is 3.46. The largest absolute Gasteiger partial charge is 0.377 e. The average molecular weight is 377 g/mol. The molecule has 1 aromatic carbocycles. The number of allylic oxidation sites excluding steroid dienone is 1. The van der Waals surface area contributed by atoms with Gasteiger partial charge in [0.25, 0.3) is 0 Å². The number of hydrogen-bond acceptors (Lipinski definition) is 4. The number of benzene rings is 1. The summed E-state index contributed by atoms with van der Waals surface area (Å²) in [6, 6.07) is 4.76. The number of amides is 1. The third kappa shape index (κ3) is 4.52. The van der Waals surface area contributed by atoms with Gasteiger partial charge in [0.2, 0.25) is 5.91 Å². The summed E-state index contributed by atoms with van der Waals surface area (Å²) >= 11 is 6.06. The van der Waals surface area contributed by atoms with Gasteiger partial charge in [0.1, 0.15) is 0 Å². The first-order valence-corrected chi connectivity index (χ1v) is 9.26. The molecule has 1 amide bonds. The van der Waals surface area contributed by atoms with Crippen LogP contribution in [0.15, 0.2) is 30.0 Å². The fourth-order valence-corrected chi connectivity index (χ4v) is 2.84. The lowest BCUT2D eigenvalue weighted by molar-refractivity contribution is -0.117. The van der Waals surface area contributed by atoms with Crippen molar-refractivity contribution in [2.75, 3.05) is 25.0 Å². The second kappa shape index (κ2) is 8.49. The fraction of sp³-hybridized carbons (Fsp3) is 0.450. The van der Waals surface area contributed by atoms with Crippen LogP contribution in [-0.4, -0.2) is 42.5 Å². The van der Waals surface area contributed by atoms with Crippen molar-refractivity contribution in [3.63, 3.8) is 0 Å². The minimum absolute atomic E-state index is 0.0675. The molecule has 1 fully saturated rings. The van der Waals surface area contributed by atoms with Gasteiger partial charge in [0, 0.05) is 49.8 Å². The number of carbonyl (C=O) groups is 3. The van der Waals surface area contributed by atoms with Crippen molar-refractivity contribution in [1.82, 2.24) is 4.90 Å². The highest BCUT2D eigenvalue weighted by Crippen LogP contribution is 2.34. The van der Waals surface area contributed by atoms with E-state index in [2.05, 4.69) is 0 Å². The minimum atomic E-state index is -0.367. The third-order valence-corrected chi connectivity index (χ3v) is 4.86. The number of ketones is 2. The molecule has 0 heterocycles. The molecular formula is C20H25ClN2O3. The van der Waals surface area contributed by atoms with Crippen LogP contribution < -0.4 is 4.90 Å². The minimum Gasteiger partial charge on any atom is -0.377 e. The standard InChI is InChI=1S/C20H25ClN2O3/c1-5-23(6-2)12-17(19(25)14-7-8-14)20(26)16-10-9-15(21)11-18(16)22(4)13(3)24/h9-12,14H,5-8H2,1-4H3/b17-12+. The Balaban J connectivity index is 2.51. The monoisotopic (exact) mass is 376 g/mol. The van der Waals surface area contributed by atoms with Gasteiger partial charge in [-0.2, -0.15) is 0 Å². The van der Waals surface area contributed by atoms with E-state index in [0.29, 0.717) is 29.4 Å². The highest BCUT2D eigenvalue weighted by molar-refractivity contribution is 6.32. The molecule has 2 rings (SSSR count). The fourth-order valence-electron chi connectivity index (χ4n) is 2.68. The van der Waals surface area contributed by atoms with Gasteiger partial charge in [0.15, 0.2) is 11.6 Å². The zero-order valence-electron chi connectivity index (χ0n) is 15.7. The third-order valence-electron chi connectivity index (χ3n) is 4.62. The maximum absolute atomic E-state index is 13.2. The van der Waals surface area contributed by atoms with Crippen molar-refractivity contribution < 1.29 is 14.4 Å². The van der Waals surface area contributed by atoms with Gasteiger partial charge in [-0.05, 0) is 44.9 Å². The summed E-state index contributed by atoms with van der Waals surface area (Å²) in [6.45, 7) is 6.76. The summed E-state index contributed by atoms with van der Waals surface area (Å²) in [5, 5.41) is 0.424. The molecule has 1 saturated carbocycles. The molecule has 140 valence electrons. The van der Waals surface area contributed by atoms with Crippen LogP contribution >= 0.6 is 11.6 Å². The Kier molecular flexibility index (Phi) is 6.59. The van der Waals surface area contributed by atoms with Gasteiger partial charge in [-0.1, -0.05) is 11.6 Å². The number of carbonyl (C=O) groups excluding carboxylic acids is 3. The Hall–Kier alpha value is -2.14. The van der Waals surface area contributed by atoms with Crippen molar-refractivity contribution in [1.29, 1.82) is 0 Å². The van der Waals surface area contributed by atoms with Gasteiger partial charge in [-0.3, -0.25) is 14.4 Å². The van der Waals surface area contributed by atoms with E-state index in [1.165, 1.54) is 11.8 Å². The molecule has 0 N–H and O–H groups in total. The van der Waals surface area contributed by atoms with E-state index in [1.807, 2.05) is 18.7 Å². The molecule has 0 radical (unpaired) electrons. The molecule has 0 unspecified atom stereocenters. The normalized spacial score (nSPS) is 14.1. The van der Waals surface area contributed by atoms with Gasteiger partial charge in [-0.15, -0.1) is 0 Å². The molecule has 0 bridgehead atoms. The Morgan fingerprint density at radius 2 is 1.81 bits per heavy atom. The molecule has 0 aliphatic heterocycles. The van der Waals surface area contributed by atoms with E-state index in [-0.39, 0.29) is 29.0 Å². The molecule has 0 spiro atoms. The lowest BCUT2D eigenvalue weighted by atomic mass is 9.96. The first-order valence-electron chi connectivity index (χ1n) is 8.88. The molecule has 6 heteroatoms. The highest BCUT2D eigenvalue weighted by atomic mass is 35.5. The SMILES string of the molecule is CCN(/C=C(/C(=O)c1ccc(Cl)cc1N(C)C(C)=O)C(=O)C1CC1)CC. The lowest BCUT2D eigenvalue weighted by Gasteiger charge is -2.21. The van der Waals surface area contributed by atoms with Gasteiger partial charge in [0.05, 0.1) is 11.3 Å². The Morgan fingerprint density at radius 1 is 1.19 bits per heavy atom. The molecule has 0 saturated heterocycles. The van der Waals surface area contributed by atoms with E-state index >= 15 is 0 Å². The van der Waals surface area contributed by atoms with Crippen LogP contribution in [0.3, 0.4) is 0 Å². The van der Waals surface area contributed by atoms with Crippen LogP contribution in [0.25, 0.3) is 0 Å². The molecular weight excluding hydrogens is 352 g/mol. The molecule has 1 aliphatic carbocycles. The first kappa shape index (κ1) is 20.2. The van der Waals surface area contributed by atoms with Crippen LogP contribution in [0, 0.1) is 5.92 Å². The van der Waals surface area contributed by atoms with Crippen LogP contribution in [0.5, 0.6) is 0 Å². The van der Waals surface area contributed by atoms with E-state index in [1.54, 1.807) is 31.4 Å². The van der Waals surface area contributed by atoms with Crippen molar-refractivity contribution in [2.24, 2.45) is 5.92 Å². The lowest BCUT2D eigenvalue weighted by Crippen LogP contribution is -2.27. The molecule has 5 nitrogen and oxygen atoms in total. The van der Waals surface area contributed by atoms with Crippen LogP contribution in [0.4, 0.5) is 5.69 Å². The number of anilines is 1. The summed E-state index contributed by atoms with van der Waals surface area (Å²) in [5.41, 5.74) is 0.889. The summed E-state index contributed by atoms with van der Waals surface area (Å²) in [6.07, 6.45) is 3.31. The van der Waals surface area contributed by atoms with Gasteiger partial charge in [-0.25, -0.2) is 0 Å². The Labute approximate surface area is 159 Å². The first-order chi connectivity index (χ1) is 12.3. The number of hydrogen-bond donors (Lipinski definition) is 0. The smallest absolute Gasteiger partial charge is 0.223 e. The van der Waals surface area contributed by atoms with Crippen molar-refractivity contribution >= 4 is 34.8 Å². The van der Waals surface area contributed by atoms with Crippen LogP contribution in [0.1, 0.15) is 44.0 Å². The predicted octanol–water partition coefficient (Wildman–Crippen LogP) is 3.71. The second-order valence-corrected chi connectivity index (χ2v) is 6.91. The van der Waals surface area contributed by atoms with Crippen molar-refractivity contribution in [2.45, 2.75) is 33.6 Å². The van der Waals surface area contributed by atoms with E-state index < -0.39 is 0 Å². The van der Waals surface area contributed by atoms with Gasteiger partial charge >= 0.3 is 0 Å². The Morgan fingerprint density at radius 3 is 2.31 bits per heavy atom. The number of Topliss-reactive ketones (excluding diaryl/α,β-unsaturated/α-hetero) is 2. The van der Waals surface area contributed by atoms with Crippen molar-refractivity contribution in [3.8, 4) is 0 Å². The predicted molar refractivity (Wildman–Crippen MR) is 104 cm³/mol. The van der Waals surface area contributed by atoms with E-state index in [0.717, 1.165) is 12.8 Å². The molecule has 26 heavy (non-hydrogen) atoms. The molecule has 1 aromatic rings. The number of rotatable bonds is 8. The van der Waals surface area contributed by atoms with Crippen LogP contribution in [-0.2, 0) is 9.59 Å². The zero-order valence-corrected chi connectivity index (χ0v) is 16.5. The number of halogens is 1. The summed E-state index contributed by atoms with van der Waals surface area (Å²) in [7, 11) is 1.58. The highest BCUT2D eigenvalue weighted by Gasteiger charge is 2.35. The molecule has 1 aliphatic rings. The van der Waals surface area contributed by atoms with E-state index in [9.17, 15) is 14.4 Å². The van der Waals surface area contributed by atoms with Crippen molar-refractivity contribution in [3.05, 3.63) is 40.6 Å². The maximum Gasteiger partial charge on any atom is 0.223 e. The van der Waals surface area contributed by atoms with Crippen LogP contribution in [0.2, 0.25) is 5.02 Å². The summed E-state index contributed by atoms with van der Waals surface area (Å²) in [5.74, 6) is -0.770. The molecule has 0 aromatic heterocycles. The van der Waals surface area contributed by atoms with E-state index in [4.69, 9.17) is 11.6 Å². The summed E-state index contributed by atoms with van der Waals surface area (Å²) in [4.78, 5) is 41.1. The topological polar surface area (TPSA) is 57.7 Å². The summed E-state index contributed by atoms with van der Waals surface area (Å²) < 4.78 is 0. The quantitative estimate of drug-likeness (QED) is 0.300. The second-order valence-electron chi connectivity index (χ2n) is 6.47.